The summed E-state index contributed by atoms with van der Waals surface area (Å²) in [5, 5.41) is 8.65. The number of halogens is 1. The number of aryl methyl sites for hydroxylation is 1. The molecule has 0 aromatic carbocycles. The highest BCUT2D eigenvalue weighted by Crippen LogP contribution is 2.23. The highest BCUT2D eigenvalue weighted by molar-refractivity contribution is 9.10. The maximum Gasteiger partial charge on any atom is 0.180 e. The van der Waals surface area contributed by atoms with E-state index in [4.69, 9.17) is 0 Å². The van der Waals surface area contributed by atoms with Gasteiger partial charge in [0, 0.05) is 23.6 Å². The Kier molecular flexibility index (Phi) is 3.01. The van der Waals surface area contributed by atoms with Gasteiger partial charge in [0.1, 0.15) is 5.82 Å². The van der Waals surface area contributed by atoms with E-state index in [0.29, 0.717) is 0 Å². The molecule has 3 heterocycles. The fraction of sp³-hybridized carbons (Fsp3) is 0.500. The van der Waals surface area contributed by atoms with Gasteiger partial charge in [0.05, 0.1) is 5.69 Å². The summed E-state index contributed by atoms with van der Waals surface area (Å²) < 4.78 is 3.31. The fourth-order valence-corrected chi connectivity index (χ4v) is 2.70. The number of aromatic nitrogens is 4. The van der Waals surface area contributed by atoms with Crippen LogP contribution in [-0.4, -0.2) is 19.7 Å². The van der Waals surface area contributed by atoms with Crippen LogP contribution in [0.1, 0.15) is 31.5 Å². The average molecular weight is 295 g/mol. The second kappa shape index (κ2) is 4.64. The van der Waals surface area contributed by atoms with Crippen molar-refractivity contribution in [1.82, 2.24) is 19.7 Å². The second-order valence-electron chi connectivity index (χ2n) is 4.49. The molecular formula is C12H15BrN4. The molecule has 2 aromatic rings. The Morgan fingerprint density at radius 2 is 2.06 bits per heavy atom. The van der Waals surface area contributed by atoms with E-state index in [-0.39, 0.29) is 0 Å². The smallest absolute Gasteiger partial charge is 0.180 e. The lowest BCUT2D eigenvalue weighted by Crippen LogP contribution is -2.08. The standard InChI is InChI=1S/C12H15BrN4/c13-9-7-10(14-8-9)12-16-15-11-5-3-1-2-4-6-17(11)12/h7-8,14H,1-6H2. The van der Waals surface area contributed by atoms with Crippen LogP contribution in [0.25, 0.3) is 11.5 Å². The predicted molar refractivity (Wildman–Crippen MR) is 69.7 cm³/mol. The lowest BCUT2D eigenvalue weighted by Gasteiger charge is -2.12. The van der Waals surface area contributed by atoms with Crippen molar-refractivity contribution >= 4 is 15.9 Å². The third-order valence-electron chi connectivity index (χ3n) is 3.25. The molecule has 4 nitrogen and oxygen atoms in total. The van der Waals surface area contributed by atoms with Gasteiger partial charge >= 0.3 is 0 Å². The van der Waals surface area contributed by atoms with E-state index in [2.05, 4.69) is 41.7 Å². The van der Waals surface area contributed by atoms with Crippen LogP contribution in [0, 0.1) is 0 Å². The van der Waals surface area contributed by atoms with Gasteiger partial charge in [-0.05, 0) is 34.8 Å². The molecule has 1 aliphatic rings. The molecular weight excluding hydrogens is 280 g/mol. The van der Waals surface area contributed by atoms with Crippen LogP contribution < -0.4 is 0 Å². The number of fused-ring (bicyclic) bond motifs is 1. The molecule has 3 rings (SSSR count). The molecule has 0 amide bonds. The number of hydrogen-bond donors (Lipinski definition) is 1. The monoisotopic (exact) mass is 294 g/mol. The van der Waals surface area contributed by atoms with Crippen molar-refractivity contribution in [3.63, 3.8) is 0 Å². The third kappa shape index (κ3) is 2.16. The molecule has 0 radical (unpaired) electrons. The Morgan fingerprint density at radius 1 is 1.18 bits per heavy atom. The first kappa shape index (κ1) is 11.0. The summed E-state index contributed by atoms with van der Waals surface area (Å²) in [6.45, 7) is 1.04. The van der Waals surface area contributed by atoms with E-state index in [1.807, 2.05) is 6.20 Å². The van der Waals surface area contributed by atoms with Crippen molar-refractivity contribution in [3.8, 4) is 11.5 Å². The highest BCUT2D eigenvalue weighted by Gasteiger charge is 2.15. The highest BCUT2D eigenvalue weighted by atomic mass is 79.9. The lowest BCUT2D eigenvalue weighted by atomic mass is 10.1. The van der Waals surface area contributed by atoms with Crippen molar-refractivity contribution in [2.75, 3.05) is 0 Å². The third-order valence-corrected chi connectivity index (χ3v) is 3.71. The Morgan fingerprint density at radius 3 is 2.88 bits per heavy atom. The van der Waals surface area contributed by atoms with Crippen LogP contribution in [0.15, 0.2) is 16.7 Å². The van der Waals surface area contributed by atoms with Gasteiger partial charge in [0.2, 0.25) is 0 Å². The maximum absolute atomic E-state index is 4.33. The topological polar surface area (TPSA) is 46.5 Å². The van der Waals surface area contributed by atoms with Crippen LogP contribution in [0.4, 0.5) is 0 Å². The largest absolute Gasteiger partial charge is 0.358 e. The molecule has 0 aliphatic carbocycles. The summed E-state index contributed by atoms with van der Waals surface area (Å²) in [5.41, 5.74) is 1.04. The van der Waals surface area contributed by atoms with Crippen molar-refractivity contribution < 1.29 is 0 Å². The zero-order valence-corrected chi connectivity index (χ0v) is 11.2. The first-order chi connectivity index (χ1) is 8.34. The van der Waals surface area contributed by atoms with Gasteiger partial charge < -0.3 is 9.55 Å². The van der Waals surface area contributed by atoms with Gasteiger partial charge in [-0.2, -0.15) is 0 Å². The Bertz CT molecular complexity index is 514. The van der Waals surface area contributed by atoms with Crippen molar-refractivity contribution in [1.29, 1.82) is 0 Å². The molecule has 0 saturated carbocycles. The zero-order valence-electron chi connectivity index (χ0n) is 9.62. The quantitative estimate of drug-likeness (QED) is 0.878. The predicted octanol–water partition coefficient (Wildman–Crippen LogP) is 3.15. The van der Waals surface area contributed by atoms with Gasteiger partial charge in [0.15, 0.2) is 5.82 Å². The van der Waals surface area contributed by atoms with E-state index >= 15 is 0 Å². The van der Waals surface area contributed by atoms with Crippen LogP contribution in [0.2, 0.25) is 0 Å². The molecule has 0 spiro atoms. The Labute approximate surface area is 109 Å². The summed E-state index contributed by atoms with van der Waals surface area (Å²) in [6.07, 6.45) is 8.06. The number of nitrogens with zero attached hydrogens (tertiary/aromatic N) is 3. The molecule has 0 bridgehead atoms. The van der Waals surface area contributed by atoms with E-state index in [1.54, 1.807) is 0 Å². The molecule has 0 atom stereocenters. The van der Waals surface area contributed by atoms with Gasteiger partial charge in [-0.3, -0.25) is 0 Å². The number of H-pyrrole nitrogens is 1. The SMILES string of the molecule is Brc1c[nH]c(-c2nnc3n2CCCCCC3)c1. The minimum Gasteiger partial charge on any atom is -0.358 e. The number of hydrogen-bond acceptors (Lipinski definition) is 2. The molecule has 5 heteroatoms. The minimum absolute atomic E-state index is 0.965. The molecule has 1 aliphatic heterocycles. The van der Waals surface area contributed by atoms with Crippen LogP contribution in [0.5, 0.6) is 0 Å². The molecule has 1 N–H and O–H groups in total. The summed E-state index contributed by atoms with van der Waals surface area (Å²) in [6, 6.07) is 2.05. The first-order valence-corrected chi connectivity index (χ1v) is 6.90. The zero-order chi connectivity index (χ0) is 11.7. The van der Waals surface area contributed by atoms with Crippen LogP contribution >= 0.6 is 15.9 Å². The van der Waals surface area contributed by atoms with Gasteiger partial charge in [-0.15, -0.1) is 10.2 Å². The number of aromatic amines is 1. The average Bonchev–Trinajstić information content (AvgIpc) is 2.85. The van der Waals surface area contributed by atoms with Crippen LogP contribution in [-0.2, 0) is 13.0 Å². The minimum atomic E-state index is 0.965. The fourth-order valence-electron chi connectivity index (χ4n) is 2.36. The van der Waals surface area contributed by atoms with Crippen molar-refractivity contribution in [2.45, 2.75) is 38.6 Å². The van der Waals surface area contributed by atoms with Crippen molar-refractivity contribution in [2.24, 2.45) is 0 Å². The number of nitrogens with one attached hydrogen (secondary N) is 1. The van der Waals surface area contributed by atoms with Gasteiger partial charge in [-0.1, -0.05) is 12.8 Å². The summed E-state index contributed by atoms with van der Waals surface area (Å²) in [4.78, 5) is 3.22. The number of rotatable bonds is 1. The lowest BCUT2D eigenvalue weighted by molar-refractivity contribution is 0.518. The molecule has 0 fully saturated rings. The van der Waals surface area contributed by atoms with Crippen molar-refractivity contribution in [3.05, 3.63) is 22.6 Å². The van der Waals surface area contributed by atoms with Gasteiger partial charge in [0.25, 0.3) is 0 Å². The second-order valence-corrected chi connectivity index (χ2v) is 5.40. The summed E-state index contributed by atoms with van der Waals surface area (Å²) >= 11 is 3.45. The van der Waals surface area contributed by atoms with Gasteiger partial charge in [-0.25, -0.2) is 0 Å². The molecule has 2 aromatic heterocycles. The van der Waals surface area contributed by atoms with Crippen LogP contribution in [0.3, 0.4) is 0 Å². The first-order valence-electron chi connectivity index (χ1n) is 6.11. The van der Waals surface area contributed by atoms with E-state index in [9.17, 15) is 0 Å². The molecule has 0 unspecified atom stereocenters. The Balaban J connectivity index is 2.00. The Hall–Kier alpha value is -1.10. The summed E-state index contributed by atoms with van der Waals surface area (Å²) in [5.74, 6) is 2.10. The van der Waals surface area contributed by atoms with E-state index < -0.39 is 0 Å². The molecule has 0 saturated heterocycles. The molecule has 90 valence electrons. The normalized spacial score (nSPS) is 16.3. The summed E-state index contributed by atoms with van der Waals surface area (Å²) in [7, 11) is 0. The van der Waals surface area contributed by atoms with E-state index in [1.165, 1.54) is 25.7 Å². The van der Waals surface area contributed by atoms with E-state index in [0.717, 1.165) is 34.8 Å². The molecule has 17 heavy (non-hydrogen) atoms. The maximum atomic E-state index is 4.33.